The Kier molecular flexibility index (Phi) is 8.69. The molecule has 0 bridgehead atoms. The predicted molar refractivity (Wildman–Crippen MR) is 144 cm³/mol. The maximum Gasteiger partial charge on any atom is 0.261 e. The monoisotopic (exact) mass is 556 g/mol. The van der Waals surface area contributed by atoms with Crippen molar-refractivity contribution in [3.05, 3.63) is 75.7 Å². The molecule has 1 fully saturated rings. The smallest absolute Gasteiger partial charge is 0.261 e. The summed E-state index contributed by atoms with van der Waals surface area (Å²) in [6.45, 7) is 1.85. The molecule has 0 aliphatic heterocycles. The van der Waals surface area contributed by atoms with E-state index in [1.165, 1.54) is 6.42 Å². The number of halogens is 2. The van der Waals surface area contributed by atoms with Crippen molar-refractivity contribution in [3.63, 3.8) is 0 Å². The second kappa shape index (κ2) is 11.9. The molecule has 3 aromatic carbocycles. The van der Waals surface area contributed by atoms with Gasteiger partial charge in [0, 0.05) is 17.6 Å². The average Bonchev–Trinajstić information content (AvgIpc) is 2.87. The largest absolute Gasteiger partial charge is 0.483 e. The summed E-state index contributed by atoms with van der Waals surface area (Å²) < 4.78 is 6.73. The molecular formula is C28H30BrClN2O3. The zero-order valence-corrected chi connectivity index (χ0v) is 22.1. The van der Waals surface area contributed by atoms with Gasteiger partial charge in [0.05, 0.1) is 4.47 Å². The third-order valence-electron chi connectivity index (χ3n) is 6.54. The fourth-order valence-corrected chi connectivity index (χ4v) is 5.35. The first-order valence-corrected chi connectivity index (χ1v) is 13.2. The lowest BCUT2D eigenvalue weighted by molar-refractivity contribution is -0.142. The first-order valence-electron chi connectivity index (χ1n) is 12.1. The zero-order valence-electron chi connectivity index (χ0n) is 19.8. The Bertz CT molecular complexity index is 1200. The lowest BCUT2D eigenvalue weighted by atomic mass is 9.95. The van der Waals surface area contributed by atoms with Gasteiger partial charge in [0.15, 0.2) is 6.61 Å². The third kappa shape index (κ3) is 6.56. The van der Waals surface area contributed by atoms with Crippen LogP contribution in [0.3, 0.4) is 0 Å². The highest BCUT2D eigenvalue weighted by atomic mass is 79.9. The Morgan fingerprint density at radius 3 is 2.63 bits per heavy atom. The minimum absolute atomic E-state index is 0.140. The van der Waals surface area contributed by atoms with E-state index in [-0.39, 0.29) is 31.0 Å². The first kappa shape index (κ1) is 25.5. The maximum atomic E-state index is 13.4. The number of carbonyl (C=O) groups is 2. The fourth-order valence-electron chi connectivity index (χ4n) is 4.53. The van der Waals surface area contributed by atoms with Gasteiger partial charge in [-0.1, -0.05) is 73.3 Å². The second-order valence-corrected chi connectivity index (χ2v) is 10.3. The third-order valence-corrected chi connectivity index (χ3v) is 7.59. The van der Waals surface area contributed by atoms with Gasteiger partial charge in [0.2, 0.25) is 5.91 Å². The molecule has 0 radical (unpaired) electrons. The number of amides is 2. The molecule has 1 atom stereocenters. The minimum Gasteiger partial charge on any atom is -0.483 e. The van der Waals surface area contributed by atoms with Crippen LogP contribution in [0.25, 0.3) is 10.8 Å². The van der Waals surface area contributed by atoms with Crippen LogP contribution < -0.4 is 10.1 Å². The average molecular weight is 558 g/mol. The lowest BCUT2D eigenvalue weighted by Gasteiger charge is -2.31. The van der Waals surface area contributed by atoms with Gasteiger partial charge >= 0.3 is 0 Å². The Morgan fingerprint density at radius 2 is 1.86 bits per heavy atom. The van der Waals surface area contributed by atoms with Gasteiger partial charge in [0.1, 0.15) is 11.8 Å². The van der Waals surface area contributed by atoms with E-state index in [2.05, 4.69) is 21.2 Å². The molecule has 1 saturated carbocycles. The van der Waals surface area contributed by atoms with Crippen molar-refractivity contribution < 1.29 is 14.3 Å². The molecule has 1 aliphatic carbocycles. The fraction of sp³-hybridized carbons (Fsp3) is 0.357. The van der Waals surface area contributed by atoms with Gasteiger partial charge in [-0.3, -0.25) is 9.59 Å². The van der Waals surface area contributed by atoms with Crippen molar-refractivity contribution >= 4 is 50.1 Å². The van der Waals surface area contributed by atoms with E-state index in [1.807, 2.05) is 54.6 Å². The van der Waals surface area contributed by atoms with Crippen LogP contribution in [0, 0.1) is 0 Å². The summed E-state index contributed by atoms with van der Waals surface area (Å²) in [6.07, 6.45) is 5.43. The zero-order chi connectivity index (χ0) is 24.8. The van der Waals surface area contributed by atoms with Crippen LogP contribution in [0.5, 0.6) is 5.75 Å². The van der Waals surface area contributed by atoms with Crippen LogP contribution in [0.15, 0.2) is 65.1 Å². The van der Waals surface area contributed by atoms with Crippen molar-refractivity contribution in [2.24, 2.45) is 0 Å². The summed E-state index contributed by atoms with van der Waals surface area (Å²) in [5.74, 6) is 0.176. The van der Waals surface area contributed by atoms with E-state index in [1.54, 1.807) is 17.9 Å². The van der Waals surface area contributed by atoms with Gasteiger partial charge in [-0.15, -0.1) is 0 Å². The molecule has 3 aromatic rings. The molecule has 184 valence electrons. The van der Waals surface area contributed by atoms with Crippen molar-refractivity contribution in [2.45, 2.75) is 57.7 Å². The molecule has 1 unspecified atom stereocenters. The quantitative estimate of drug-likeness (QED) is 0.344. The second-order valence-electron chi connectivity index (χ2n) is 9.06. The van der Waals surface area contributed by atoms with Crippen LogP contribution >= 0.6 is 27.5 Å². The first-order chi connectivity index (χ1) is 16.9. The molecule has 4 rings (SSSR count). The Morgan fingerprint density at radius 1 is 1.09 bits per heavy atom. The van der Waals surface area contributed by atoms with Crippen molar-refractivity contribution in [1.82, 2.24) is 10.2 Å². The molecule has 5 nitrogen and oxygen atoms in total. The number of nitrogens with one attached hydrogen (secondary N) is 1. The molecule has 0 saturated heterocycles. The molecule has 1 N–H and O–H groups in total. The molecule has 0 heterocycles. The number of nitrogens with zero attached hydrogens (tertiary/aromatic N) is 1. The Labute approximate surface area is 219 Å². The standard InChI is InChI=1S/C28H30BrClN2O3/c1-19(28(34)31-23-11-3-2-4-12-23)32(17-20-8-7-10-22(30)16-20)26(33)18-35-25-15-14-21-9-5-6-13-24(21)27(25)29/h5-10,13-16,19,23H,2-4,11-12,17-18H2,1H3,(H,31,34). The van der Waals surface area contributed by atoms with Crippen LogP contribution in [0.2, 0.25) is 5.02 Å². The van der Waals surface area contributed by atoms with Gasteiger partial charge in [-0.2, -0.15) is 0 Å². The highest BCUT2D eigenvalue weighted by Crippen LogP contribution is 2.33. The highest BCUT2D eigenvalue weighted by Gasteiger charge is 2.28. The molecule has 7 heteroatoms. The van der Waals surface area contributed by atoms with E-state index in [0.29, 0.717) is 10.8 Å². The minimum atomic E-state index is -0.646. The molecule has 1 aliphatic rings. The number of hydrogen-bond acceptors (Lipinski definition) is 3. The normalized spacial score (nSPS) is 14.9. The van der Waals surface area contributed by atoms with Gasteiger partial charge < -0.3 is 15.0 Å². The number of fused-ring (bicyclic) bond motifs is 1. The van der Waals surface area contributed by atoms with Crippen LogP contribution in [0.1, 0.15) is 44.6 Å². The van der Waals surface area contributed by atoms with Gasteiger partial charge in [-0.05, 0) is 70.2 Å². The molecule has 35 heavy (non-hydrogen) atoms. The predicted octanol–water partition coefficient (Wildman–Crippen LogP) is 6.50. The topological polar surface area (TPSA) is 58.6 Å². The number of carbonyl (C=O) groups excluding carboxylic acids is 2. The van der Waals surface area contributed by atoms with E-state index < -0.39 is 6.04 Å². The van der Waals surface area contributed by atoms with Gasteiger partial charge in [0.25, 0.3) is 5.91 Å². The maximum absolute atomic E-state index is 13.4. The summed E-state index contributed by atoms with van der Waals surface area (Å²) in [7, 11) is 0. The molecule has 0 spiro atoms. The van der Waals surface area contributed by atoms with Crippen LogP contribution in [0.4, 0.5) is 0 Å². The number of rotatable bonds is 8. The van der Waals surface area contributed by atoms with Gasteiger partial charge in [-0.25, -0.2) is 0 Å². The lowest BCUT2D eigenvalue weighted by Crippen LogP contribution is -2.51. The van der Waals surface area contributed by atoms with Crippen molar-refractivity contribution in [2.75, 3.05) is 6.61 Å². The summed E-state index contributed by atoms with van der Waals surface area (Å²) in [5, 5.41) is 5.82. The summed E-state index contributed by atoms with van der Waals surface area (Å²) >= 11 is 9.78. The summed E-state index contributed by atoms with van der Waals surface area (Å²) in [6, 6.07) is 18.6. The summed E-state index contributed by atoms with van der Waals surface area (Å²) in [5.41, 5.74) is 0.857. The van der Waals surface area contributed by atoms with Crippen LogP contribution in [-0.4, -0.2) is 35.4 Å². The van der Waals surface area contributed by atoms with E-state index in [0.717, 1.165) is 46.5 Å². The van der Waals surface area contributed by atoms with Crippen molar-refractivity contribution in [1.29, 1.82) is 0 Å². The summed E-state index contributed by atoms with van der Waals surface area (Å²) in [4.78, 5) is 28.1. The molecular weight excluding hydrogens is 528 g/mol. The number of hydrogen-bond donors (Lipinski definition) is 1. The SMILES string of the molecule is CC(C(=O)NC1CCCCC1)N(Cc1cccc(Cl)c1)C(=O)COc1ccc2ccccc2c1Br. The highest BCUT2D eigenvalue weighted by molar-refractivity contribution is 9.10. The molecule has 0 aromatic heterocycles. The number of benzene rings is 3. The molecule has 2 amide bonds. The van der Waals surface area contributed by atoms with E-state index >= 15 is 0 Å². The van der Waals surface area contributed by atoms with Crippen LogP contribution in [-0.2, 0) is 16.1 Å². The Hall–Kier alpha value is -2.57. The Balaban J connectivity index is 1.49. The van der Waals surface area contributed by atoms with Crippen molar-refractivity contribution in [3.8, 4) is 5.75 Å². The van der Waals surface area contributed by atoms with E-state index in [4.69, 9.17) is 16.3 Å². The number of ether oxygens (including phenoxy) is 1. The van der Waals surface area contributed by atoms with E-state index in [9.17, 15) is 9.59 Å².